The smallest absolute Gasteiger partial charge is 0.389 e. The van der Waals surface area contributed by atoms with Crippen molar-refractivity contribution in [2.45, 2.75) is 38.5 Å². The number of alkyl halides is 3. The average Bonchev–Trinajstić information content (AvgIpc) is 2.18. The van der Waals surface area contributed by atoms with E-state index >= 15 is 0 Å². The topological polar surface area (TPSA) is 20.2 Å². The minimum Gasteiger partial charge on any atom is -0.393 e. The second-order valence-corrected chi connectivity index (χ2v) is 4.00. The standard InChI is InChI=1S/C12H15F3O/c1-9-2-4-10(5-3-9)8-11(16)6-7-12(13,14)15/h2-5,11,16H,6-8H2,1H3. The first kappa shape index (κ1) is 13.0. The van der Waals surface area contributed by atoms with E-state index in [2.05, 4.69) is 0 Å². The molecule has 4 heteroatoms. The first-order valence-corrected chi connectivity index (χ1v) is 5.17. The van der Waals surface area contributed by atoms with Crippen LogP contribution in [0.15, 0.2) is 24.3 Å². The van der Waals surface area contributed by atoms with Crippen molar-refractivity contribution in [3.05, 3.63) is 35.4 Å². The molecule has 0 radical (unpaired) electrons. The quantitative estimate of drug-likeness (QED) is 0.844. The van der Waals surface area contributed by atoms with Gasteiger partial charge in [0, 0.05) is 6.42 Å². The van der Waals surface area contributed by atoms with E-state index in [4.69, 9.17) is 0 Å². The maximum atomic E-state index is 11.9. The third-order valence-corrected chi connectivity index (χ3v) is 2.35. The molecule has 0 aromatic heterocycles. The molecule has 0 aliphatic carbocycles. The van der Waals surface area contributed by atoms with Crippen LogP contribution >= 0.6 is 0 Å². The van der Waals surface area contributed by atoms with Gasteiger partial charge in [0.1, 0.15) is 0 Å². The second-order valence-electron chi connectivity index (χ2n) is 4.00. The lowest BCUT2D eigenvalue weighted by atomic mass is 10.0. The van der Waals surface area contributed by atoms with Gasteiger partial charge in [0.05, 0.1) is 6.10 Å². The van der Waals surface area contributed by atoms with Crippen molar-refractivity contribution in [3.8, 4) is 0 Å². The Morgan fingerprint density at radius 3 is 2.25 bits per heavy atom. The summed E-state index contributed by atoms with van der Waals surface area (Å²) in [4.78, 5) is 0. The van der Waals surface area contributed by atoms with Crippen molar-refractivity contribution >= 4 is 0 Å². The SMILES string of the molecule is Cc1ccc(CC(O)CCC(F)(F)F)cc1. The monoisotopic (exact) mass is 232 g/mol. The minimum absolute atomic E-state index is 0.239. The number of hydrogen-bond acceptors (Lipinski definition) is 1. The summed E-state index contributed by atoms with van der Waals surface area (Å²) >= 11 is 0. The van der Waals surface area contributed by atoms with Gasteiger partial charge in [-0.25, -0.2) is 0 Å². The van der Waals surface area contributed by atoms with Gasteiger partial charge in [0.25, 0.3) is 0 Å². The lowest BCUT2D eigenvalue weighted by Gasteiger charge is -2.12. The third kappa shape index (κ3) is 5.16. The van der Waals surface area contributed by atoms with Crippen LogP contribution in [0, 0.1) is 6.92 Å². The predicted octanol–water partition coefficient (Wildman–Crippen LogP) is 3.24. The zero-order valence-corrected chi connectivity index (χ0v) is 9.09. The summed E-state index contributed by atoms with van der Waals surface area (Å²) in [6, 6.07) is 7.41. The summed E-state index contributed by atoms with van der Waals surface area (Å²) in [6.45, 7) is 1.93. The number of hydrogen-bond donors (Lipinski definition) is 1. The zero-order chi connectivity index (χ0) is 12.2. The summed E-state index contributed by atoms with van der Waals surface area (Å²) in [5.41, 5.74) is 1.95. The fraction of sp³-hybridized carbons (Fsp3) is 0.500. The molecule has 0 aliphatic rings. The fourth-order valence-electron chi connectivity index (χ4n) is 1.43. The molecule has 0 saturated carbocycles. The van der Waals surface area contributed by atoms with Crippen molar-refractivity contribution < 1.29 is 18.3 Å². The van der Waals surface area contributed by atoms with Gasteiger partial charge in [0.15, 0.2) is 0 Å². The molecule has 0 amide bonds. The van der Waals surface area contributed by atoms with Gasteiger partial charge in [-0.05, 0) is 25.3 Å². The molecule has 16 heavy (non-hydrogen) atoms. The predicted molar refractivity (Wildman–Crippen MR) is 56.2 cm³/mol. The van der Waals surface area contributed by atoms with E-state index in [0.717, 1.165) is 11.1 Å². The van der Waals surface area contributed by atoms with E-state index < -0.39 is 18.7 Å². The van der Waals surface area contributed by atoms with Crippen LogP contribution in [0.4, 0.5) is 13.2 Å². The summed E-state index contributed by atoms with van der Waals surface area (Å²) in [7, 11) is 0. The Morgan fingerprint density at radius 2 is 1.75 bits per heavy atom. The molecule has 0 spiro atoms. The molecule has 1 nitrogen and oxygen atoms in total. The lowest BCUT2D eigenvalue weighted by molar-refractivity contribution is -0.139. The van der Waals surface area contributed by atoms with Gasteiger partial charge in [-0.2, -0.15) is 13.2 Å². The summed E-state index contributed by atoms with van der Waals surface area (Å²) in [6.07, 6.45) is -6.01. The Hall–Kier alpha value is -1.03. The first-order valence-electron chi connectivity index (χ1n) is 5.17. The third-order valence-electron chi connectivity index (χ3n) is 2.35. The highest BCUT2D eigenvalue weighted by Crippen LogP contribution is 2.23. The summed E-state index contributed by atoms with van der Waals surface area (Å²) < 4.78 is 35.7. The number of benzene rings is 1. The Morgan fingerprint density at radius 1 is 1.19 bits per heavy atom. The Bertz CT molecular complexity index is 316. The number of aryl methyl sites for hydroxylation is 1. The zero-order valence-electron chi connectivity index (χ0n) is 9.09. The van der Waals surface area contributed by atoms with Crippen LogP contribution in [0.25, 0.3) is 0 Å². The fourth-order valence-corrected chi connectivity index (χ4v) is 1.43. The van der Waals surface area contributed by atoms with Crippen LogP contribution in [0.2, 0.25) is 0 Å². The Kier molecular flexibility index (Phi) is 4.35. The molecule has 0 aliphatic heterocycles. The molecular weight excluding hydrogens is 217 g/mol. The molecule has 1 N–H and O–H groups in total. The molecule has 1 unspecified atom stereocenters. The van der Waals surface area contributed by atoms with Crippen LogP contribution in [-0.4, -0.2) is 17.4 Å². The van der Waals surface area contributed by atoms with E-state index in [1.165, 1.54) is 0 Å². The van der Waals surface area contributed by atoms with E-state index in [0.29, 0.717) is 0 Å². The van der Waals surface area contributed by atoms with Crippen LogP contribution in [-0.2, 0) is 6.42 Å². The second kappa shape index (κ2) is 5.34. The summed E-state index contributed by atoms with van der Waals surface area (Å²) in [5.74, 6) is 0. The van der Waals surface area contributed by atoms with E-state index in [9.17, 15) is 18.3 Å². The molecular formula is C12H15F3O. The molecule has 1 rings (SSSR count). The van der Waals surface area contributed by atoms with Gasteiger partial charge < -0.3 is 5.11 Å². The van der Waals surface area contributed by atoms with Gasteiger partial charge in [0.2, 0.25) is 0 Å². The van der Waals surface area contributed by atoms with Crippen molar-refractivity contribution in [1.29, 1.82) is 0 Å². The first-order chi connectivity index (χ1) is 7.37. The molecule has 0 bridgehead atoms. The molecule has 0 saturated heterocycles. The largest absolute Gasteiger partial charge is 0.393 e. The van der Waals surface area contributed by atoms with Crippen LogP contribution in [0.1, 0.15) is 24.0 Å². The summed E-state index contributed by atoms with van der Waals surface area (Å²) in [5, 5.41) is 9.44. The van der Waals surface area contributed by atoms with E-state index in [-0.39, 0.29) is 12.8 Å². The maximum Gasteiger partial charge on any atom is 0.389 e. The normalized spacial score (nSPS) is 13.8. The molecule has 1 aromatic rings. The van der Waals surface area contributed by atoms with Gasteiger partial charge in [-0.15, -0.1) is 0 Å². The van der Waals surface area contributed by atoms with Crippen molar-refractivity contribution in [1.82, 2.24) is 0 Å². The average molecular weight is 232 g/mol. The molecule has 0 heterocycles. The number of aliphatic hydroxyl groups excluding tert-OH is 1. The number of rotatable bonds is 4. The molecule has 0 fully saturated rings. The van der Waals surface area contributed by atoms with Crippen LogP contribution in [0.3, 0.4) is 0 Å². The highest BCUT2D eigenvalue weighted by molar-refractivity contribution is 5.21. The Labute approximate surface area is 92.9 Å². The molecule has 1 aromatic carbocycles. The van der Waals surface area contributed by atoms with E-state index in [1.807, 2.05) is 31.2 Å². The van der Waals surface area contributed by atoms with Crippen LogP contribution in [0.5, 0.6) is 0 Å². The maximum absolute atomic E-state index is 11.9. The van der Waals surface area contributed by atoms with Gasteiger partial charge in [-0.1, -0.05) is 29.8 Å². The van der Waals surface area contributed by atoms with Gasteiger partial charge in [-0.3, -0.25) is 0 Å². The minimum atomic E-state index is -4.19. The number of halogens is 3. The number of aliphatic hydroxyl groups is 1. The van der Waals surface area contributed by atoms with Crippen molar-refractivity contribution in [2.75, 3.05) is 0 Å². The highest BCUT2D eigenvalue weighted by atomic mass is 19.4. The Balaban J connectivity index is 2.39. The molecule has 1 atom stereocenters. The highest BCUT2D eigenvalue weighted by Gasteiger charge is 2.27. The van der Waals surface area contributed by atoms with E-state index in [1.54, 1.807) is 0 Å². The lowest BCUT2D eigenvalue weighted by Crippen LogP contribution is -2.16. The van der Waals surface area contributed by atoms with Crippen molar-refractivity contribution in [2.24, 2.45) is 0 Å². The molecule has 90 valence electrons. The van der Waals surface area contributed by atoms with Gasteiger partial charge >= 0.3 is 6.18 Å². The van der Waals surface area contributed by atoms with Crippen molar-refractivity contribution in [3.63, 3.8) is 0 Å². The van der Waals surface area contributed by atoms with Crippen LogP contribution < -0.4 is 0 Å².